The first kappa shape index (κ1) is 41.3. The van der Waals surface area contributed by atoms with Gasteiger partial charge in [-0.25, -0.2) is 0 Å². The van der Waals surface area contributed by atoms with E-state index >= 15 is 0 Å². The van der Waals surface area contributed by atoms with E-state index in [0.29, 0.717) is 37.8 Å². The highest BCUT2D eigenvalue weighted by Gasteiger charge is 2.41. The number of carbonyl (C=O) groups is 6. The van der Waals surface area contributed by atoms with Gasteiger partial charge in [0.2, 0.25) is 35.4 Å². The molecule has 0 spiro atoms. The average molecular weight is 713 g/mol. The second-order valence-electron chi connectivity index (χ2n) is 15.9. The molecule has 13 heteroatoms. The van der Waals surface area contributed by atoms with Crippen LogP contribution >= 0.6 is 0 Å². The molecule has 2 fully saturated rings. The summed E-state index contributed by atoms with van der Waals surface area (Å²) >= 11 is 0. The number of phenolic OH excluding ortho intramolecular Hbond substituents is 1. The number of amides is 6. The Balaban J connectivity index is 2.11. The van der Waals surface area contributed by atoms with Crippen LogP contribution in [0.5, 0.6) is 5.75 Å². The fraction of sp³-hybridized carbons (Fsp3) is 0.684. The number of hydrogen-bond acceptors (Lipinski definition) is 7. The van der Waals surface area contributed by atoms with Gasteiger partial charge in [0.15, 0.2) is 0 Å². The van der Waals surface area contributed by atoms with Crippen molar-refractivity contribution < 1.29 is 33.9 Å². The second-order valence-corrected chi connectivity index (χ2v) is 15.9. The van der Waals surface area contributed by atoms with Crippen LogP contribution in [-0.4, -0.2) is 88.2 Å². The summed E-state index contributed by atoms with van der Waals surface area (Å²) in [6.45, 7) is 15.7. The normalized spacial score (nSPS) is 26.0. The molecule has 2 aliphatic rings. The first-order chi connectivity index (χ1) is 23.9. The van der Waals surface area contributed by atoms with Crippen molar-refractivity contribution in [2.45, 2.75) is 137 Å². The van der Waals surface area contributed by atoms with Crippen LogP contribution in [0.1, 0.15) is 99.5 Å². The molecule has 2 saturated heterocycles. The van der Waals surface area contributed by atoms with Gasteiger partial charge in [-0.15, -0.1) is 0 Å². The van der Waals surface area contributed by atoms with E-state index in [1.165, 1.54) is 17.0 Å². The number of phenols is 1. The van der Waals surface area contributed by atoms with Crippen LogP contribution in [0.25, 0.3) is 0 Å². The van der Waals surface area contributed by atoms with Crippen LogP contribution in [0.3, 0.4) is 0 Å². The highest BCUT2D eigenvalue weighted by molar-refractivity contribution is 5.98. The first-order valence-corrected chi connectivity index (χ1v) is 18.5. The van der Waals surface area contributed by atoms with Crippen LogP contribution in [0.2, 0.25) is 0 Å². The van der Waals surface area contributed by atoms with Crippen molar-refractivity contribution in [1.82, 2.24) is 31.5 Å². The van der Waals surface area contributed by atoms with Gasteiger partial charge in [0.05, 0.1) is 0 Å². The van der Waals surface area contributed by atoms with Gasteiger partial charge in [-0.3, -0.25) is 28.8 Å². The van der Waals surface area contributed by atoms with E-state index in [4.69, 9.17) is 0 Å². The minimum absolute atomic E-state index is 0.000719. The van der Waals surface area contributed by atoms with Crippen molar-refractivity contribution in [3.05, 3.63) is 29.8 Å². The molecule has 1 aromatic rings. The van der Waals surface area contributed by atoms with E-state index in [0.717, 1.165) is 0 Å². The summed E-state index contributed by atoms with van der Waals surface area (Å²) in [4.78, 5) is 85.3. The number of carbonyl (C=O) groups excluding carboxylic acids is 6. The molecule has 0 saturated carbocycles. The average Bonchev–Trinajstić information content (AvgIpc) is 3.52. The maximum atomic E-state index is 14.2. The fourth-order valence-electron chi connectivity index (χ4n) is 6.74. The van der Waals surface area contributed by atoms with Crippen molar-refractivity contribution in [2.24, 2.45) is 23.7 Å². The highest BCUT2D eigenvalue weighted by atomic mass is 16.3. The zero-order valence-electron chi connectivity index (χ0n) is 31.6. The molecule has 0 aromatic heterocycles. The Morgan fingerprint density at radius 1 is 0.569 bits per heavy atom. The standard InChI is InChI=1S/C38H60N6O7/c1-21(2)16-27-33(46)40-29(18-23(5)6)35(48)43-31(19-24(7)8)38(51)44-15-9-10-32(44)37(50)42-30(20-25-11-13-26(45)14-12-25)36(49)41-28(17-22(3)4)34(47)39-27/h11-14,21-24,27-32,45H,9-10,15-20H2,1-8H3,(H,39,47)(H,40,46)(H,41,49)(H,42,50)(H,43,48)/t27-,28-,29+,30+,31-,32-/m1/s1. The lowest BCUT2D eigenvalue weighted by Crippen LogP contribution is -2.61. The maximum Gasteiger partial charge on any atom is 0.245 e. The van der Waals surface area contributed by atoms with Gasteiger partial charge < -0.3 is 36.6 Å². The van der Waals surface area contributed by atoms with Gasteiger partial charge in [-0.2, -0.15) is 0 Å². The molecular weight excluding hydrogens is 652 g/mol. The van der Waals surface area contributed by atoms with Crippen LogP contribution in [0.4, 0.5) is 0 Å². The van der Waals surface area contributed by atoms with E-state index in [1.807, 2.05) is 55.4 Å². The second kappa shape index (κ2) is 18.9. The van der Waals surface area contributed by atoms with Crippen molar-refractivity contribution in [2.75, 3.05) is 6.54 Å². The Labute approximate surface area is 302 Å². The lowest BCUT2D eigenvalue weighted by Gasteiger charge is -2.32. The van der Waals surface area contributed by atoms with E-state index in [2.05, 4.69) is 26.6 Å². The largest absolute Gasteiger partial charge is 0.508 e. The van der Waals surface area contributed by atoms with Gasteiger partial charge in [0, 0.05) is 13.0 Å². The molecule has 284 valence electrons. The van der Waals surface area contributed by atoms with Gasteiger partial charge in [0.1, 0.15) is 42.0 Å². The summed E-state index contributed by atoms with van der Waals surface area (Å²) in [7, 11) is 0. The minimum Gasteiger partial charge on any atom is -0.508 e. The quantitative estimate of drug-likeness (QED) is 0.215. The predicted molar refractivity (Wildman–Crippen MR) is 194 cm³/mol. The third-order valence-electron chi connectivity index (χ3n) is 9.19. The molecule has 2 heterocycles. The zero-order chi connectivity index (χ0) is 38.0. The number of benzene rings is 1. The van der Waals surface area contributed by atoms with E-state index in [-0.39, 0.29) is 48.7 Å². The third-order valence-corrected chi connectivity index (χ3v) is 9.19. The summed E-state index contributed by atoms with van der Waals surface area (Å²) in [5.41, 5.74) is 0.656. The Morgan fingerprint density at radius 3 is 1.37 bits per heavy atom. The fourth-order valence-corrected chi connectivity index (χ4v) is 6.74. The molecule has 0 unspecified atom stereocenters. The van der Waals surface area contributed by atoms with Gasteiger partial charge in [0.25, 0.3) is 0 Å². The first-order valence-electron chi connectivity index (χ1n) is 18.5. The molecule has 13 nitrogen and oxygen atoms in total. The minimum atomic E-state index is -1.13. The summed E-state index contributed by atoms with van der Waals surface area (Å²) in [6, 6.07) is 0.287. The number of rotatable bonds is 10. The summed E-state index contributed by atoms with van der Waals surface area (Å²) in [6.07, 6.45) is 2.12. The van der Waals surface area contributed by atoms with Crippen molar-refractivity contribution in [3.63, 3.8) is 0 Å². The summed E-state index contributed by atoms with van der Waals surface area (Å²) < 4.78 is 0. The molecule has 6 N–H and O–H groups in total. The number of hydrogen-bond donors (Lipinski definition) is 6. The summed E-state index contributed by atoms with van der Waals surface area (Å²) in [5, 5.41) is 24.1. The number of fused-ring (bicyclic) bond motifs is 1. The topological polar surface area (TPSA) is 186 Å². The van der Waals surface area contributed by atoms with Crippen LogP contribution in [0, 0.1) is 23.7 Å². The van der Waals surface area contributed by atoms with E-state index in [9.17, 15) is 33.9 Å². The van der Waals surface area contributed by atoms with E-state index < -0.39 is 71.7 Å². The molecule has 51 heavy (non-hydrogen) atoms. The lowest BCUT2D eigenvalue weighted by atomic mass is 9.97. The SMILES string of the molecule is CC(C)C[C@@H]1NC(=O)[C@@H](CC(C)C)NC(=O)[C@@H](CC(C)C)NC(=O)[C@H](Cc2ccc(O)cc2)NC(=O)[C@H]2CCCN2C(=O)[C@@H](CC(C)C)NC1=O. The third kappa shape index (κ3) is 12.5. The van der Waals surface area contributed by atoms with Crippen LogP contribution < -0.4 is 26.6 Å². The molecule has 1 aromatic carbocycles. The molecule has 0 aliphatic carbocycles. The predicted octanol–water partition coefficient (Wildman–Crippen LogP) is 2.55. The van der Waals surface area contributed by atoms with Crippen molar-refractivity contribution >= 4 is 35.4 Å². The van der Waals surface area contributed by atoms with Crippen molar-refractivity contribution in [3.8, 4) is 5.75 Å². The molecule has 6 atom stereocenters. The van der Waals surface area contributed by atoms with Gasteiger partial charge in [-0.05, 0) is 79.9 Å². The molecule has 2 aliphatic heterocycles. The number of nitrogens with zero attached hydrogens (tertiary/aromatic N) is 1. The molecule has 0 radical (unpaired) electrons. The lowest BCUT2D eigenvalue weighted by molar-refractivity contribution is -0.143. The van der Waals surface area contributed by atoms with Gasteiger partial charge >= 0.3 is 0 Å². The van der Waals surface area contributed by atoms with Crippen LogP contribution in [-0.2, 0) is 35.2 Å². The van der Waals surface area contributed by atoms with Gasteiger partial charge in [-0.1, -0.05) is 67.5 Å². The zero-order valence-corrected chi connectivity index (χ0v) is 31.6. The molecule has 6 amide bonds. The Morgan fingerprint density at radius 2 is 0.941 bits per heavy atom. The van der Waals surface area contributed by atoms with E-state index in [1.54, 1.807) is 12.1 Å². The van der Waals surface area contributed by atoms with Crippen molar-refractivity contribution in [1.29, 1.82) is 0 Å². The monoisotopic (exact) mass is 712 g/mol. The smallest absolute Gasteiger partial charge is 0.245 e. The Bertz CT molecular complexity index is 1380. The summed E-state index contributed by atoms with van der Waals surface area (Å²) in [5.74, 6) is -3.03. The number of nitrogens with one attached hydrogen (secondary N) is 5. The van der Waals surface area contributed by atoms with Crippen LogP contribution in [0.15, 0.2) is 24.3 Å². The Hall–Kier alpha value is -4.16. The molecular formula is C38H60N6O7. The number of aromatic hydroxyl groups is 1. The highest BCUT2D eigenvalue weighted by Crippen LogP contribution is 2.22. The maximum absolute atomic E-state index is 14.2. The molecule has 3 rings (SSSR count). The molecule has 0 bridgehead atoms. The Kier molecular flexibility index (Phi) is 15.3.